The monoisotopic (exact) mass is 301 g/mol. The molecule has 2 aromatic rings. The van der Waals surface area contributed by atoms with Gasteiger partial charge in [0, 0.05) is 12.1 Å². The van der Waals surface area contributed by atoms with Crippen molar-refractivity contribution in [3.63, 3.8) is 0 Å². The van der Waals surface area contributed by atoms with Gasteiger partial charge in [0.1, 0.15) is 17.4 Å². The molecule has 0 aliphatic carbocycles. The number of aromatic hydroxyl groups is 1. The van der Waals surface area contributed by atoms with E-state index in [2.05, 4.69) is 0 Å². The van der Waals surface area contributed by atoms with Crippen LogP contribution in [0.2, 0.25) is 0 Å². The van der Waals surface area contributed by atoms with Crippen LogP contribution in [0.3, 0.4) is 0 Å². The van der Waals surface area contributed by atoms with Gasteiger partial charge >= 0.3 is 0 Å². The van der Waals surface area contributed by atoms with Crippen molar-refractivity contribution in [3.05, 3.63) is 71.3 Å². The maximum absolute atomic E-state index is 13.9. The van der Waals surface area contributed by atoms with Crippen LogP contribution in [0.15, 0.2) is 48.5 Å². The van der Waals surface area contributed by atoms with E-state index in [-0.39, 0.29) is 17.9 Å². The molecular formula is C17H13F2NO2. The second kappa shape index (κ2) is 5.60. The van der Waals surface area contributed by atoms with Gasteiger partial charge < -0.3 is 10.0 Å². The zero-order chi connectivity index (χ0) is 15.7. The summed E-state index contributed by atoms with van der Waals surface area (Å²) in [7, 11) is 0. The summed E-state index contributed by atoms with van der Waals surface area (Å²) in [4.78, 5) is 12.7. The summed E-state index contributed by atoms with van der Waals surface area (Å²) in [5, 5.41) is 9.56. The van der Waals surface area contributed by atoms with Crippen molar-refractivity contribution in [1.29, 1.82) is 0 Å². The van der Waals surface area contributed by atoms with Gasteiger partial charge in [-0.1, -0.05) is 18.2 Å². The zero-order valence-electron chi connectivity index (χ0n) is 11.5. The lowest BCUT2D eigenvalue weighted by Crippen LogP contribution is -2.22. The number of carbonyl (C=O) groups excluding carboxylic acids is 1. The number of halogens is 2. The molecule has 1 heterocycles. The molecule has 112 valence electrons. The molecule has 0 fully saturated rings. The third-order valence-corrected chi connectivity index (χ3v) is 3.69. The highest BCUT2D eigenvalue weighted by Gasteiger charge is 2.27. The zero-order valence-corrected chi connectivity index (χ0v) is 11.5. The van der Waals surface area contributed by atoms with Gasteiger partial charge in [-0.15, -0.1) is 0 Å². The van der Waals surface area contributed by atoms with Crippen LogP contribution >= 0.6 is 0 Å². The Kier molecular flexibility index (Phi) is 3.63. The summed E-state index contributed by atoms with van der Waals surface area (Å²) in [6.45, 7) is 0.185. The normalized spacial score (nSPS) is 17.5. The summed E-state index contributed by atoms with van der Waals surface area (Å²) < 4.78 is 27.2. The van der Waals surface area contributed by atoms with Gasteiger partial charge in [-0.2, -0.15) is 0 Å². The molecule has 0 bridgehead atoms. The van der Waals surface area contributed by atoms with Crippen molar-refractivity contribution in [2.45, 2.75) is 6.04 Å². The third-order valence-electron chi connectivity index (χ3n) is 3.69. The van der Waals surface area contributed by atoms with Gasteiger partial charge in [0.25, 0.3) is 0 Å². The minimum atomic E-state index is -0.532. The largest absolute Gasteiger partial charge is 0.508 e. The molecule has 1 unspecified atom stereocenters. The van der Waals surface area contributed by atoms with Crippen LogP contribution in [0, 0.1) is 11.6 Å². The van der Waals surface area contributed by atoms with Crippen molar-refractivity contribution in [2.75, 3.05) is 6.54 Å². The topological polar surface area (TPSA) is 40.5 Å². The number of carbonyl (C=O) groups is 1. The number of benzene rings is 2. The molecule has 0 saturated carbocycles. The van der Waals surface area contributed by atoms with Crippen molar-refractivity contribution >= 4 is 12.0 Å². The molecule has 1 aliphatic rings. The van der Waals surface area contributed by atoms with E-state index in [0.717, 1.165) is 18.2 Å². The quantitative estimate of drug-likeness (QED) is 0.884. The molecule has 3 rings (SSSR count). The lowest BCUT2D eigenvalue weighted by atomic mass is 10.0. The van der Waals surface area contributed by atoms with E-state index in [1.54, 1.807) is 24.3 Å². The Morgan fingerprint density at radius 2 is 2.00 bits per heavy atom. The SMILES string of the molecule is O=CN1CC(c2cc(F)ccc2F)=CC1c1cccc(O)c1. The highest BCUT2D eigenvalue weighted by molar-refractivity contribution is 5.74. The highest BCUT2D eigenvalue weighted by Crippen LogP contribution is 2.35. The van der Waals surface area contributed by atoms with E-state index < -0.39 is 17.7 Å². The van der Waals surface area contributed by atoms with Gasteiger partial charge in [-0.3, -0.25) is 4.79 Å². The van der Waals surface area contributed by atoms with Gasteiger partial charge in [0.2, 0.25) is 6.41 Å². The van der Waals surface area contributed by atoms with Crippen molar-refractivity contribution in [2.24, 2.45) is 0 Å². The lowest BCUT2D eigenvalue weighted by molar-refractivity contribution is -0.118. The summed E-state index contributed by atoms with van der Waals surface area (Å²) in [6, 6.07) is 9.34. The van der Waals surface area contributed by atoms with Crippen LogP contribution in [0.4, 0.5) is 8.78 Å². The summed E-state index contributed by atoms with van der Waals surface area (Å²) in [5.41, 5.74) is 1.39. The van der Waals surface area contributed by atoms with E-state index >= 15 is 0 Å². The number of hydrogen-bond donors (Lipinski definition) is 1. The van der Waals surface area contributed by atoms with Crippen LogP contribution in [-0.2, 0) is 4.79 Å². The highest BCUT2D eigenvalue weighted by atomic mass is 19.1. The smallest absolute Gasteiger partial charge is 0.210 e. The average Bonchev–Trinajstić information content (AvgIpc) is 2.94. The fourth-order valence-corrected chi connectivity index (χ4v) is 2.65. The average molecular weight is 301 g/mol. The van der Waals surface area contributed by atoms with Crippen molar-refractivity contribution in [1.82, 2.24) is 4.90 Å². The summed E-state index contributed by atoms with van der Waals surface area (Å²) in [6.07, 6.45) is 2.37. The maximum atomic E-state index is 13.9. The second-order valence-electron chi connectivity index (χ2n) is 5.13. The van der Waals surface area contributed by atoms with Gasteiger partial charge in [-0.25, -0.2) is 8.78 Å². The Bertz CT molecular complexity index is 758. The number of hydrogen-bond acceptors (Lipinski definition) is 2. The predicted molar refractivity (Wildman–Crippen MR) is 78.0 cm³/mol. The Hall–Kier alpha value is -2.69. The van der Waals surface area contributed by atoms with Crippen LogP contribution < -0.4 is 0 Å². The Balaban J connectivity index is 2.02. The van der Waals surface area contributed by atoms with Crippen molar-refractivity contribution < 1.29 is 18.7 Å². The third kappa shape index (κ3) is 2.57. The standard InChI is InChI=1S/C17H13F2NO2/c18-13-4-5-16(19)15(8-13)12-7-17(20(9-12)10-21)11-2-1-3-14(22)6-11/h1-8,10,17,22H,9H2. The number of phenolic OH excluding ortho intramolecular Hbond substituents is 1. The van der Waals surface area contributed by atoms with Crippen LogP contribution in [0.5, 0.6) is 5.75 Å². The summed E-state index contributed by atoms with van der Waals surface area (Å²) in [5.74, 6) is -0.979. The molecule has 0 aromatic heterocycles. The molecule has 1 atom stereocenters. The molecular weight excluding hydrogens is 288 g/mol. The van der Waals surface area contributed by atoms with Gasteiger partial charge in [-0.05, 0) is 41.5 Å². The molecule has 22 heavy (non-hydrogen) atoms. The first-order valence-corrected chi connectivity index (χ1v) is 6.74. The predicted octanol–water partition coefficient (Wildman–Crippen LogP) is 3.27. The van der Waals surface area contributed by atoms with Crippen molar-refractivity contribution in [3.8, 4) is 5.75 Å². The van der Waals surface area contributed by atoms with Crippen LogP contribution in [0.1, 0.15) is 17.2 Å². The van der Waals surface area contributed by atoms with Gasteiger partial charge in [0.15, 0.2) is 0 Å². The van der Waals surface area contributed by atoms with E-state index in [9.17, 15) is 18.7 Å². The maximum Gasteiger partial charge on any atom is 0.210 e. The molecule has 1 amide bonds. The summed E-state index contributed by atoms with van der Waals surface area (Å²) >= 11 is 0. The number of amides is 1. The van der Waals surface area contributed by atoms with Crippen LogP contribution in [0.25, 0.3) is 5.57 Å². The fraction of sp³-hybridized carbons (Fsp3) is 0.118. The second-order valence-corrected chi connectivity index (χ2v) is 5.13. The van der Waals surface area contributed by atoms with Gasteiger partial charge in [0.05, 0.1) is 6.04 Å². The number of nitrogens with zero attached hydrogens (tertiary/aromatic N) is 1. The van der Waals surface area contributed by atoms with E-state index in [1.165, 1.54) is 11.0 Å². The van der Waals surface area contributed by atoms with E-state index in [4.69, 9.17) is 0 Å². The Morgan fingerprint density at radius 3 is 2.73 bits per heavy atom. The molecule has 5 heteroatoms. The molecule has 2 aromatic carbocycles. The molecule has 0 radical (unpaired) electrons. The molecule has 1 N–H and O–H groups in total. The molecule has 1 aliphatic heterocycles. The number of phenols is 1. The van der Waals surface area contributed by atoms with Crippen LogP contribution in [-0.4, -0.2) is 23.0 Å². The Morgan fingerprint density at radius 1 is 1.18 bits per heavy atom. The van der Waals surface area contributed by atoms with E-state index in [1.807, 2.05) is 0 Å². The molecule has 3 nitrogen and oxygen atoms in total. The first kappa shape index (κ1) is 14.3. The van der Waals surface area contributed by atoms with E-state index in [0.29, 0.717) is 17.5 Å². The number of rotatable bonds is 3. The lowest BCUT2D eigenvalue weighted by Gasteiger charge is -2.20. The fourth-order valence-electron chi connectivity index (χ4n) is 2.65. The first-order chi connectivity index (χ1) is 10.6. The molecule has 0 saturated heterocycles. The molecule has 0 spiro atoms. The minimum Gasteiger partial charge on any atom is -0.508 e. The first-order valence-electron chi connectivity index (χ1n) is 6.74. The minimum absolute atomic E-state index is 0.0853. The Labute approximate surface area is 126 Å².